The van der Waals surface area contributed by atoms with E-state index in [9.17, 15) is 46.0 Å². The van der Waals surface area contributed by atoms with Gasteiger partial charge in [0.1, 0.15) is 17.4 Å². The predicted octanol–water partition coefficient (Wildman–Crippen LogP) is 1.78. The van der Waals surface area contributed by atoms with Crippen molar-refractivity contribution in [1.29, 1.82) is 0 Å². The molecule has 1 saturated heterocycles. The van der Waals surface area contributed by atoms with Gasteiger partial charge in [0, 0.05) is 52.8 Å². The van der Waals surface area contributed by atoms with Gasteiger partial charge in [0.25, 0.3) is 27.7 Å². The highest BCUT2D eigenvalue weighted by molar-refractivity contribution is 7.93. The number of hydrogen-bond acceptors (Lipinski definition) is 11. The molecule has 21 heteroatoms. The number of rotatable bonds is 14. The summed E-state index contributed by atoms with van der Waals surface area (Å²) in [6.45, 7) is -0.857. The molecule has 1 fully saturated rings. The van der Waals surface area contributed by atoms with E-state index < -0.39 is 70.4 Å². The fraction of sp³-hybridized carbons (Fsp3) is 0.206. The van der Waals surface area contributed by atoms with Gasteiger partial charge >= 0.3 is 5.76 Å². The second-order valence-electron chi connectivity index (χ2n) is 12.2. The van der Waals surface area contributed by atoms with E-state index in [1.807, 2.05) is 0 Å². The molecular weight excluding hydrogens is 748 g/mol. The van der Waals surface area contributed by atoms with E-state index in [0.717, 1.165) is 0 Å². The van der Waals surface area contributed by atoms with Crippen LogP contribution in [0.25, 0.3) is 11.3 Å². The first-order valence-corrected chi connectivity index (χ1v) is 17.9. The third-order valence-electron chi connectivity index (χ3n) is 8.45. The van der Waals surface area contributed by atoms with E-state index in [4.69, 9.17) is 10.5 Å². The number of ether oxygens (including phenoxy) is 1. The molecule has 2 aliphatic rings. The summed E-state index contributed by atoms with van der Waals surface area (Å²) in [4.78, 5) is 76.0. The number of sulfonamides is 1. The third kappa shape index (κ3) is 8.51. The van der Waals surface area contributed by atoms with Crippen molar-refractivity contribution in [2.45, 2.75) is 31.2 Å². The molecule has 1 aromatic heterocycles. The maximum atomic E-state index is 13.0. The number of aromatic amines is 1. The summed E-state index contributed by atoms with van der Waals surface area (Å²) < 4.78 is 55.7. The molecule has 6 amide bonds. The van der Waals surface area contributed by atoms with E-state index in [1.165, 1.54) is 35.2 Å². The fourth-order valence-corrected chi connectivity index (χ4v) is 6.42. The van der Waals surface area contributed by atoms with Gasteiger partial charge in [0.05, 0.1) is 12.2 Å². The van der Waals surface area contributed by atoms with Crippen LogP contribution >= 0.6 is 0 Å². The zero-order chi connectivity index (χ0) is 39.4. The number of carbonyl (C=O) groups excluding carboxylic acids is 6. The summed E-state index contributed by atoms with van der Waals surface area (Å²) in [5, 5.41) is 17.1. The zero-order valence-corrected chi connectivity index (χ0v) is 29.2. The number of nitrogens with one attached hydrogen (secondary N) is 6. The summed E-state index contributed by atoms with van der Waals surface area (Å²) in [5.74, 6) is -6.84. The van der Waals surface area contributed by atoms with Crippen LogP contribution in [0.1, 0.15) is 39.1 Å². The average Bonchev–Trinajstić information content (AvgIpc) is 3.71. The van der Waals surface area contributed by atoms with Gasteiger partial charge in [-0.05, 0) is 42.8 Å². The molecule has 18 nitrogen and oxygen atoms in total. The average molecular weight is 780 g/mol. The van der Waals surface area contributed by atoms with Crippen LogP contribution in [-0.2, 0) is 35.7 Å². The number of anilines is 4. The van der Waals surface area contributed by atoms with Gasteiger partial charge in [-0.1, -0.05) is 24.3 Å². The Bertz CT molecular complexity index is 2320. The summed E-state index contributed by atoms with van der Waals surface area (Å²) in [6, 6.07) is 15.3. The molecule has 6 rings (SSSR count). The number of piperidine rings is 1. The van der Waals surface area contributed by atoms with Gasteiger partial charge in [-0.3, -0.25) is 43.9 Å². The lowest BCUT2D eigenvalue weighted by Gasteiger charge is -2.29. The van der Waals surface area contributed by atoms with E-state index in [2.05, 4.69) is 31.5 Å². The maximum Gasteiger partial charge on any atom is 0.355 e. The van der Waals surface area contributed by atoms with Crippen LogP contribution < -0.4 is 36.5 Å². The normalized spacial score (nSPS) is 15.3. The molecule has 286 valence electrons. The van der Waals surface area contributed by atoms with E-state index >= 15 is 0 Å². The number of alkyl halides is 2. The number of primary amides is 1. The van der Waals surface area contributed by atoms with Crippen LogP contribution in [0.4, 0.5) is 31.7 Å². The molecule has 0 radical (unpaired) electrons. The Hall–Kier alpha value is -6.90. The van der Waals surface area contributed by atoms with Gasteiger partial charge in [0.2, 0.25) is 17.7 Å². The highest BCUT2D eigenvalue weighted by Gasteiger charge is 2.40. The Labute approximate surface area is 310 Å². The smallest absolute Gasteiger partial charge is 0.355 e. The Morgan fingerprint density at radius 1 is 1.00 bits per heavy atom. The number of H-pyrrole nitrogens is 1. The molecule has 1 unspecified atom stereocenters. The van der Waals surface area contributed by atoms with E-state index in [-0.39, 0.29) is 47.9 Å². The van der Waals surface area contributed by atoms with Gasteiger partial charge in [0.15, 0.2) is 12.4 Å². The van der Waals surface area contributed by atoms with Crippen molar-refractivity contribution >= 4 is 68.3 Å². The SMILES string of the molecule is NC(=O)c1c(Nc2cccc(OCC(=O)NCC(=O)Nc3cccc4c3CN(C3CCC(=O)NC3=O)C4=O)c2)n[nH]c1-c1ccc(NS(=O)(=O)C(F)F)cc1. The van der Waals surface area contributed by atoms with Crippen LogP contribution in [0.15, 0.2) is 66.7 Å². The molecule has 0 spiro atoms. The number of halogens is 2. The van der Waals surface area contributed by atoms with Gasteiger partial charge < -0.3 is 31.3 Å². The zero-order valence-electron chi connectivity index (χ0n) is 28.4. The first-order chi connectivity index (χ1) is 26.2. The Morgan fingerprint density at radius 2 is 1.75 bits per heavy atom. The monoisotopic (exact) mass is 779 g/mol. The summed E-state index contributed by atoms with van der Waals surface area (Å²) >= 11 is 0. The lowest BCUT2D eigenvalue weighted by Crippen LogP contribution is -2.52. The number of aromatic nitrogens is 2. The number of hydrogen-bond donors (Lipinski definition) is 7. The summed E-state index contributed by atoms with van der Waals surface area (Å²) in [7, 11) is -4.88. The lowest BCUT2D eigenvalue weighted by molar-refractivity contribution is -0.137. The van der Waals surface area contributed by atoms with Crippen LogP contribution in [0.3, 0.4) is 0 Å². The molecular formula is C34H31F2N9O9S. The molecule has 8 N–H and O–H groups in total. The van der Waals surface area contributed by atoms with Crippen LogP contribution in [0.5, 0.6) is 5.75 Å². The molecule has 0 bridgehead atoms. The van der Waals surface area contributed by atoms with Crippen molar-refractivity contribution in [2.75, 3.05) is 28.5 Å². The highest BCUT2D eigenvalue weighted by Crippen LogP contribution is 2.33. The first-order valence-electron chi connectivity index (χ1n) is 16.3. The summed E-state index contributed by atoms with van der Waals surface area (Å²) in [6.07, 6.45) is 0.288. The van der Waals surface area contributed by atoms with Gasteiger partial charge in [-0.15, -0.1) is 0 Å². The van der Waals surface area contributed by atoms with E-state index in [0.29, 0.717) is 28.1 Å². The molecule has 4 aromatic rings. The van der Waals surface area contributed by atoms with Crippen molar-refractivity contribution in [3.8, 4) is 17.0 Å². The molecule has 1 atom stereocenters. The Morgan fingerprint density at radius 3 is 2.45 bits per heavy atom. The second-order valence-corrected chi connectivity index (χ2v) is 13.8. The number of benzene rings is 3. The number of carbonyl (C=O) groups is 6. The molecule has 55 heavy (non-hydrogen) atoms. The topological polar surface area (TPSA) is 264 Å². The fourth-order valence-electron chi connectivity index (χ4n) is 5.87. The van der Waals surface area contributed by atoms with Gasteiger partial charge in [-0.25, -0.2) is 8.42 Å². The lowest BCUT2D eigenvalue weighted by atomic mass is 10.0. The minimum atomic E-state index is -4.88. The number of nitrogens with zero attached hydrogens (tertiary/aromatic N) is 2. The molecule has 3 heterocycles. The van der Waals surface area contributed by atoms with Crippen molar-refractivity contribution < 1.29 is 50.7 Å². The maximum absolute atomic E-state index is 13.0. The predicted molar refractivity (Wildman–Crippen MR) is 190 cm³/mol. The summed E-state index contributed by atoms with van der Waals surface area (Å²) in [5.41, 5.74) is 7.44. The Kier molecular flexibility index (Phi) is 10.7. The van der Waals surface area contributed by atoms with Crippen molar-refractivity contribution in [1.82, 2.24) is 25.7 Å². The minimum Gasteiger partial charge on any atom is -0.484 e. The van der Waals surface area contributed by atoms with Gasteiger partial charge in [-0.2, -0.15) is 13.9 Å². The van der Waals surface area contributed by atoms with Crippen LogP contribution in [0, 0.1) is 0 Å². The van der Waals surface area contributed by atoms with Crippen molar-refractivity contribution in [3.05, 3.63) is 83.4 Å². The van der Waals surface area contributed by atoms with E-state index in [1.54, 1.807) is 41.1 Å². The standard InChI is InChI=1S/C34H31F2N9O9S/c35-34(36)55(52,53)44-18-9-7-17(8-10-18)29-28(30(37)49)31(43-42-29)39-19-3-1-4-20(13-19)54-16-27(48)38-14-26(47)40-23-6-2-5-21-22(23)15-45(33(21)51)24-11-12-25(46)41-32(24)50/h1-10,13,24,34,44H,11-12,14-16H2,(H2,37,49)(H,38,48)(H,40,47)(H2,39,42,43)(H,41,46,50). The molecule has 0 aliphatic carbocycles. The van der Waals surface area contributed by atoms with Crippen LogP contribution in [-0.4, -0.2) is 83.9 Å². The quantitative estimate of drug-likeness (QED) is 0.0907. The van der Waals surface area contributed by atoms with Crippen molar-refractivity contribution in [3.63, 3.8) is 0 Å². The molecule has 3 aromatic carbocycles. The number of imide groups is 1. The number of nitrogens with two attached hydrogens (primary N) is 1. The minimum absolute atomic E-state index is 0.0167. The van der Waals surface area contributed by atoms with Crippen molar-refractivity contribution in [2.24, 2.45) is 5.73 Å². The second kappa shape index (κ2) is 15.6. The third-order valence-corrected chi connectivity index (χ3v) is 9.44. The first kappa shape index (κ1) is 37.8. The largest absolute Gasteiger partial charge is 0.484 e. The Balaban J connectivity index is 1.02. The highest BCUT2D eigenvalue weighted by atomic mass is 32.2. The number of fused-ring (bicyclic) bond motifs is 1. The van der Waals surface area contributed by atoms with Crippen LogP contribution in [0.2, 0.25) is 0 Å². The number of amides is 6. The molecule has 0 saturated carbocycles. The molecule has 2 aliphatic heterocycles.